The second kappa shape index (κ2) is 6.77. The average molecular weight is 313 g/mol. The maximum absolute atomic E-state index is 14.0. The van der Waals surface area contributed by atoms with Crippen molar-refractivity contribution in [3.8, 4) is 5.69 Å². The van der Waals surface area contributed by atoms with E-state index in [4.69, 9.17) is 0 Å². The highest BCUT2D eigenvalue weighted by atomic mass is 19.1. The molecule has 0 aliphatic heterocycles. The number of nitrogens with one attached hydrogen (secondary N) is 1. The number of hydrogen-bond acceptors (Lipinski definition) is 2. The van der Waals surface area contributed by atoms with E-state index >= 15 is 0 Å². The van der Waals surface area contributed by atoms with E-state index in [2.05, 4.69) is 17.0 Å². The van der Waals surface area contributed by atoms with Gasteiger partial charge in [-0.3, -0.25) is 4.79 Å². The zero-order valence-corrected chi connectivity index (χ0v) is 13.0. The Balaban J connectivity index is 1.86. The summed E-state index contributed by atoms with van der Waals surface area (Å²) < 4.78 is 15.7. The molecule has 23 heavy (non-hydrogen) atoms. The highest BCUT2D eigenvalue weighted by molar-refractivity contribution is 5.76. The van der Waals surface area contributed by atoms with Gasteiger partial charge in [-0.1, -0.05) is 18.2 Å². The van der Waals surface area contributed by atoms with Gasteiger partial charge in [0.05, 0.1) is 12.2 Å². The van der Waals surface area contributed by atoms with Gasteiger partial charge in [0.2, 0.25) is 5.91 Å². The summed E-state index contributed by atoms with van der Waals surface area (Å²) >= 11 is 0. The number of allylic oxidation sites excluding steroid dienone is 1. The zero-order chi connectivity index (χ0) is 16.2. The maximum Gasteiger partial charge on any atom is 0.220 e. The molecule has 4 nitrogen and oxygen atoms in total. The smallest absolute Gasteiger partial charge is 0.220 e. The molecule has 2 aromatic rings. The van der Waals surface area contributed by atoms with Crippen molar-refractivity contribution in [2.75, 3.05) is 0 Å². The molecule has 0 bridgehead atoms. The van der Waals surface area contributed by atoms with Gasteiger partial charge in [-0.2, -0.15) is 5.10 Å². The number of amides is 1. The SMILES string of the molecule is C=CCCC(=O)N[C@H]1CCCc2c1cnn2-c1ccccc1F. The average Bonchev–Trinajstić information content (AvgIpc) is 2.98. The lowest BCUT2D eigenvalue weighted by Gasteiger charge is -2.24. The summed E-state index contributed by atoms with van der Waals surface area (Å²) in [6.07, 6.45) is 7.26. The lowest BCUT2D eigenvalue weighted by molar-refractivity contribution is -0.121. The lowest BCUT2D eigenvalue weighted by Crippen LogP contribution is -2.30. The maximum atomic E-state index is 14.0. The standard InChI is InChI=1S/C18H20FN3O/c1-2-3-11-18(23)21-15-8-6-10-16-13(15)12-20-22(16)17-9-5-4-7-14(17)19/h2,4-5,7,9,12,15H,1,3,6,8,10-11H2,(H,21,23)/t15-/m0/s1. The third kappa shape index (κ3) is 3.18. The molecule has 0 spiro atoms. The van der Waals surface area contributed by atoms with E-state index in [1.807, 2.05) is 0 Å². The van der Waals surface area contributed by atoms with Gasteiger partial charge in [0.1, 0.15) is 11.5 Å². The molecule has 1 heterocycles. The van der Waals surface area contributed by atoms with E-state index in [0.717, 1.165) is 30.5 Å². The van der Waals surface area contributed by atoms with Gasteiger partial charge in [-0.15, -0.1) is 6.58 Å². The van der Waals surface area contributed by atoms with Crippen LogP contribution in [-0.4, -0.2) is 15.7 Å². The van der Waals surface area contributed by atoms with Gasteiger partial charge in [0, 0.05) is 17.7 Å². The first-order valence-electron chi connectivity index (χ1n) is 7.92. The number of hydrogen-bond donors (Lipinski definition) is 1. The fourth-order valence-corrected chi connectivity index (χ4v) is 3.04. The zero-order valence-electron chi connectivity index (χ0n) is 13.0. The minimum absolute atomic E-state index is 0.0152. The second-order valence-corrected chi connectivity index (χ2v) is 5.75. The molecule has 1 aromatic heterocycles. The molecule has 0 fully saturated rings. The molecule has 3 rings (SSSR count). The minimum Gasteiger partial charge on any atom is -0.349 e. The molecule has 5 heteroatoms. The molecule has 1 atom stereocenters. The monoisotopic (exact) mass is 313 g/mol. The fraction of sp³-hybridized carbons (Fsp3) is 0.333. The normalized spacial score (nSPS) is 16.7. The molecule has 120 valence electrons. The number of halogens is 1. The van der Waals surface area contributed by atoms with Crippen LogP contribution in [-0.2, 0) is 11.2 Å². The van der Waals surface area contributed by atoms with Gasteiger partial charge in [-0.25, -0.2) is 9.07 Å². The quantitative estimate of drug-likeness (QED) is 0.859. The molecule has 0 saturated carbocycles. The Morgan fingerprint density at radius 3 is 3.09 bits per heavy atom. The first-order valence-corrected chi connectivity index (χ1v) is 7.92. The van der Waals surface area contributed by atoms with Crippen LogP contribution in [0.4, 0.5) is 4.39 Å². The second-order valence-electron chi connectivity index (χ2n) is 5.75. The molecule has 0 radical (unpaired) electrons. The molecule has 0 saturated heterocycles. The van der Waals surface area contributed by atoms with E-state index in [1.165, 1.54) is 6.07 Å². The Morgan fingerprint density at radius 1 is 1.48 bits per heavy atom. The predicted octanol–water partition coefficient (Wildman–Crippen LogP) is 3.47. The van der Waals surface area contributed by atoms with Crippen LogP contribution >= 0.6 is 0 Å². The topological polar surface area (TPSA) is 46.9 Å². The molecule has 1 aromatic carbocycles. The Kier molecular flexibility index (Phi) is 4.55. The van der Waals surface area contributed by atoms with Crippen LogP contribution in [0.3, 0.4) is 0 Å². The Hall–Kier alpha value is -2.43. The van der Waals surface area contributed by atoms with Gasteiger partial charge in [-0.05, 0) is 37.8 Å². The van der Waals surface area contributed by atoms with Crippen molar-refractivity contribution < 1.29 is 9.18 Å². The summed E-state index contributed by atoms with van der Waals surface area (Å²) in [4.78, 5) is 12.0. The number of benzene rings is 1. The van der Waals surface area contributed by atoms with E-state index in [-0.39, 0.29) is 17.8 Å². The highest BCUT2D eigenvalue weighted by Crippen LogP contribution is 2.31. The highest BCUT2D eigenvalue weighted by Gasteiger charge is 2.26. The van der Waals surface area contributed by atoms with Crippen molar-refractivity contribution in [1.29, 1.82) is 0 Å². The number of carbonyl (C=O) groups excluding carboxylic acids is 1. The van der Waals surface area contributed by atoms with Crippen molar-refractivity contribution in [1.82, 2.24) is 15.1 Å². The Morgan fingerprint density at radius 2 is 2.30 bits per heavy atom. The van der Waals surface area contributed by atoms with Gasteiger partial charge < -0.3 is 5.32 Å². The Bertz CT molecular complexity index is 723. The summed E-state index contributed by atoms with van der Waals surface area (Å²) in [6.45, 7) is 3.63. The molecule has 1 N–H and O–H groups in total. The van der Waals surface area contributed by atoms with Crippen molar-refractivity contribution in [3.63, 3.8) is 0 Å². The van der Waals surface area contributed by atoms with Crippen LogP contribution in [0.1, 0.15) is 43.0 Å². The van der Waals surface area contributed by atoms with Crippen LogP contribution in [0.2, 0.25) is 0 Å². The molecule has 1 amide bonds. The third-order valence-corrected chi connectivity index (χ3v) is 4.17. The molecular weight excluding hydrogens is 293 g/mol. The first-order chi connectivity index (χ1) is 11.2. The molecule has 0 unspecified atom stereocenters. The van der Waals surface area contributed by atoms with E-state index < -0.39 is 0 Å². The lowest BCUT2D eigenvalue weighted by atomic mass is 9.92. The minimum atomic E-state index is -0.296. The summed E-state index contributed by atoms with van der Waals surface area (Å²) in [5.74, 6) is -0.281. The van der Waals surface area contributed by atoms with E-state index in [1.54, 1.807) is 35.2 Å². The summed E-state index contributed by atoms with van der Waals surface area (Å²) in [5.41, 5.74) is 2.43. The van der Waals surface area contributed by atoms with Crippen LogP contribution in [0.25, 0.3) is 5.69 Å². The number of fused-ring (bicyclic) bond motifs is 1. The van der Waals surface area contributed by atoms with E-state index in [9.17, 15) is 9.18 Å². The predicted molar refractivity (Wildman–Crippen MR) is 86.8 cm³/mol. The van der Waals surface area contributed by atoms with Crippen molar-refractivity contribution in [3.05, 3.63) is 60.2 Å². The van der Waals surface area contributed by atoms with Crippen molar-refractivity contribution in [2.24, 2.45) is 0 Å². The first kappa shape index (κ1) is 15.5. The van der Waals surface area contributed by atoms with Crippen LogP contribution in [0.5, 0.6) is 0 Å². The van der Waals surface area contributed by atoms with E-state index in [0.29, 0.717) is 18.5 Å². The van der Waals surface area contributed by atoms with Gasteiger partial charge in [0.25, 0.3) is 0 Å². The summed E-state index contributed by atoms with van der Waals surface area (Å²) in [6, 6.07) is 6.56. The number of nitrogens with zero attached hydrogens (tertiary/aromatic N) is 2. The van der Waals surface area contributed by atoms with Gasteiger partial charge in [0.15, 0.2) is 0 Å². The molecule has 1 aliphatic rings. The van der Waals surface area contributed by atoms with Gasteiger partial charge >= 0.3 is 0 Å². The van der Waals surface area contributed by atoms with Crippen molar-refractivity contribution >= 4 is 5.91 Å². The largest absolute Gasteiger partial charge is 0.349 e. The van der Waals surface area contributed by atoms with Crippen LogP contribution < -0.4 is 5.32 Å². The van der Waals surface area contributed by atoms with Crippen LogP contribution in [0.15, 0.2) is 43.1 Å². The summed E-state index contributed by atoms with van der Waals surface area (Å²) in [5, 5.41) is 7.41. The van der Waals surface area contributed by atoms with Crippen molar-refractivity contribution in [2.45, 2.75) is 38.1 Å². The van der Waals surface area contributed by atoms with Crippen LogP contribution in [0, 0.1) is 5.82 Å². The Labute approximate surface area is 135 Å². The molecule has 1 aliphatic carbocycles. The third-order valence-electron chi connectivity index (χ3n) is 4.17. The molecular formula is C18H20FN3O. The number of aromatic nitrogens is 2. The number of rotatable bonds is 5. The summed E-state index contributed by atoms with van der Waals surface area (Å²) in [7, 11) is 0. The number of carbonyl (C=O) groups is 1. The fourth-order valence-electron chi connectivity index (χ4n) is 3.04. The number of para-hydroxylation sites is 1.